The molecular weight excluding hydrogens is 336 g/mol. The van der Waals surface area contributed by atoms with Crippen LogP contribution < -0.4 is 10.6 Å². The maximum atomic E-state index is 12.7. The van der Waals surface area contributed by atoms with E-state index in [1.807, 2.05) is 38.1 Å². The Morgan fingerprint density at radius 3 is 2.20 bits per heavy atom. The third kappa shape index (κ3) is 4.40. The second kappa shape index (κ2) is 7.70. The van der Waals surface area contributed by atoms with Crippen molar-refractivity contribution in [3.63, 3.8) is 0 Å². The largest absolute Gasteiger partial charge is 0.325 e. The predicted molar refractivity (Wildman–Crippen MR) is 103 cm³/mol. The number of hydrogen-bond acceptors (Lipinski definition) is 2. The Balaban J connectivity index is 2.15. The first kappa shape index (κ1) is 19.0. The van der Waals surface area contributed by atoms with Crippen LogP contribution in [-0.4, -0.2) is 11.8 Å². The Kier molecular flexibility index (Phi) is 5.85. The van der Waals surface area contributed by atoms with Gasteiger partial charge in [-0.25, -0.2) is 0 Å². The number of hydrogen-bond donors (Lipinski definition) is 2. The van der Waals surface area contributed by atoms with Crippen LogP contribution >= 0.6 is 11.6 Å². The van der Waals surface area contributed by atoms with Gasteiger partial charge in [-0.2, -0.15) is 0 Å². The summed E-state index contributed by atoms with van der Waals surface area (Å²) in [6, 6.07) is 12.8. The lowest BCUT2D eigenvalue weighted by Gasteiger charge is -2.24. The van der Waals surface area contributed by atoms with E-state index in [4.69, 9.17) is 11.6 Å². The smallest absolute Gasteiger partial charge is 0.239 e. The molecule has 25 heavy (non-hydrogen) atoms. The Labute approximate surface area is 153 Å². The highest BCUT2D eigenvalue weighted by molar-refractivity contribution is 6.30. The molecule has 0 saturated carbocycles. The number of carbonyl (C=O) groups excluding carboxylic acids is 2. The zero-order valence-electron chi connectivity index (χ0n) is 14.9. The van der Waals surface area contributed by atoms with E-state index in [0.717, 1.165) is 23.2 Å². The number of para-hydroxylation sites is 1. The number of amides is 2. The fourth-order valence-corrected chi connectivity index (χ4v) is 2.60. The van der Waals surface area contributed by atoms with Crippen LogP contribution in [0.1, 0.15) is 31.9 Å². The van der Waals surface area contributed by atoms with Crippen molar-refractivity contribution in [3.8, 4) is 0 Å². The third-order valence-electron chi connectivity index (χ3n) is 4.22. The Hall–Kier alpha value is -2.33. The molecule has 0 bridgehead atoms. The molecule has 2 amide bonds. The number of halogens is 1. The number of rotatable bonds is 5. The van der Waals surface area contributed by atoms with Crippen LogP contribution in [0.3, 0.4) is 0 Å². The lowest BCUT2D eigenvalue weighted by atomic mass is 9.90. The molecule has 132 valence electrons. The van der Waals surface area contributed by atoms with Gasteiger partial charge in [-0.05, 0) is 62.6 Å². The second-order valence-electron chi connectivity index (χ2n) is 6.50. The molecule has 0 aliphatic carbocycles. The summed E-state index contributed by atoms with van der Waals surface area (Å²) in [5.74, 6) is -0.720. The highest BCUT2D eigenvalue weighted by atomic mass is 35.5. The zero-order chi connectivity index (χ0) is 18.6. The molecule has 5 heteroatoms. The Bertz CT molecular complexity index is 800. The molecule has 2 aromatic carbocycles. The molecule has 0 unspecified atom stereocenters. The highest BCUT2D eigenvalue weighted by Gasteiger charge is 2.36. The number of nitrogens with one attached hydrogen (secondary N) is 2. The third-order valence-corrected chi connectivity index (χ3v) is 4.45. The van der Waals surface area contributed by atoms with Crippen LogP contribution in [0, 0.1) is 12.3 Å². The van der Waals surface area contributed by atoms with Crippen LogP contribution in [0.4, 0.5) is 11.4 Å². The fourth-order valence-electron chi connectivity index (χ4n) is 2.38. The van der Waals surface area contributed by atoms with Gasteiger partial charge in [-0.3, -0.25) is 9.59 Å². The van der Waals surface area contributed by atoms with Gasteiger partial charge in [-0.15, -0.1) is 0 Å². The van der Waals surface area contributed by atoms with Crippen LogP contribution in [-0.2, 0) is 16.0 Å². The lowest BCUT2D eigenvalue weighted by molar-refractivity contribution is -0.135. The number of carbonyl (C=O) groups is 2. The molecule has 0 fully saturated rings. The van der Waals surface area contributed by atoms with E-state index in [0.29, 0.717) is 10.7 Å². The first-order valence-electron chi connectivity index (χ1n) is 8.22. The minimum absolute atomic E-state index is 0.350. The topological polar surface area (TPSA) is 58.2 Å². The normalized spacial score (nSPS) is 11.1. The summed E-state index contributed by atoms with van der Waals surface area (Å²) in [4.78, 5) is 25.3. The average Bonchev–Trinajstić information content (AvgIpc) is 2.57. The quantitative estimate of drug-likeness (QED) is 0.753. The predicted octanol–water partition coefficient (Wildman–Crippen LogP) is 4.81. The van der Waals surface area contributed by atoms with Crippen LogP contribution in [0.15, 0.2) is 42.5 Å². The Morgan fingerprint density at radius 2 is 1.60 bits per heavy atom. The van der Waals surface area contributed by atoms with Crippen molar-refractivity contribution in [1.82, 2.24) is 0 Å². The van der Waals surface area contributed by atoms with Crippen LogP contribution in [0.2, 0.25) is 5.02 Å². The van der Waals surface area contributed by atoms with Gasteiger partial charge in [0.05, 0.1) is 0 Å². The molecule has 0 aliphatic rings. The van der Waals surface area contributed by atoms with E-state index in [9.17, 15) is 9.59 Å². The van der Waals surface area contributed by atoms with Gasteiger partial charge in [0, 0.05) is 16.4 Å². The van der Waals surface area contributed by atoms with Crippen molar-refractivity contribution >= 4 is 34.8 Å². The average molecular weight is 359 g/mol. The van der Waals surface area contributed by atoms with Crippen molar-refractivity contribution in [2.45, 2.75) is 34.1 Å². The molecule has 0 saturated heterocycles. The summed E-state index contributed by atoms with van der Waals surface area (Å²) in [6.07, 6.45) is 0.799. The Morgan fingerprint density at radius 1 is 1.00 bits per heavy atom. The van der Waals surface area contributed by atoms with Crippen molar-refractivity contribution in [2.24, 2.45) is 5.41 Å². The minimum Gasteiger partial charge on any atom is -0.325 e. The van der Waals surface area contributed by atoms with Crippen molar-refractivity contribution in [3.05, 3.63) is 58.6 Å². The van der Waals surface area contributed by atoms with Crippen molar-refractivity contribution in [1.29, 1.82) is 0 Å². The maximum Gasteiger partial charge on any atom is 0.239 e. The van der Waals surface area contributed by atoms with Crippen molar-refractivity contribution in [2.75, 3.05) is 10.6 Å². The molecule has 0 heterocycles. The number of aryl methyl sites for hydroxylation is 2. The van der Waals surface area contributed by atoms with Gasteiger partial charge in [-0.1, -0.05) is 36.7 Å². The van der Waals surface area contributed by atoms with E-state index in [2.05, 4.69) is 10.6 Å². The standard InChI is InChI=1S/C20H23ClN2O2/c1-5-14-8-6-7-9-17(14)23-19(25)20(3,4)18(24)22-16-11-10-15(21)12-13(16)2/h6-12H,5H2,1-4H3,(H,22,24)(H,23,25). The van der Waals surface area contributed by atoms with Crippen molar-refractivity contribution < 1.29 is 9.59 Å². The molecule has 2 N–H and O–H groups in total. The lowest BCUT2D eigenvalue weighted by Crippen LogP contribution is -2.41. The fraction of sp³-hybridized carbons (Fsp3) is 0.300. The first-order chi connectivity index (χ1) is 11.8. The summed E-state index contributed by atoms with van der Waals surface area (Å²) in [5, 5.41) is 6.29. The highest BCUT2D eigenvalue weighted by Crippen LogP contribution is 2.25. The maximum absolute atomic E-state index is 12.7. The minimum atomic E-state index is -1.23. The van der Waals surface area contributed by atoms with Gasteiger partial charge in [0.15, 0.2) is 0 Å². The van der Waals surface area contributed by atoms with Gasteiger partial charge in [0.1, 0.15) is 5.41 Å². The summed E-state index contributed by atoms with van der Waals surface area (Å²) in [7, 11) is 0. The van der Waals surface area contributed by atoms with Crippen LogP contribution in [0.5, 0.6) is 0 Å². The summed E-state index contributed by atoms with van der Waals surface area (Å²) in [6.45, 7) is 7.09. The molecule has 0 aliphatic heterocycles. The van der Waals surface area contributed by atoms with E-state index in [1.165, 1.54) is 0 Å². The van der Waals surface area contributed by atoms with Gasteiger partial charge >= 0.3 is 0 Å². The van der Waals surface area contributed by atoms with E-state index in [-0.39, 0.29) is 11.8 Å². The molecule has 2 aromatic rings. The van der Waals surface area contributed by atoms with E-state index in [1.54, 1.807) is 32.0 Å². The molecular formula is C20H23ClN2O2. The van der Waals surface area contributed by atoms with Gasteiger partial charge < -0.3 is 10.6 Å². The van der Waals surface area contributed by atoms with E-state index >= 15 is 0 Å². The second-order valence-corrected chi connectivity index (χ2v) is 6.94. The van der Waals surface area contributed by atoms with E-state index < -0.39 is 5.41 Å². The molecule has 0 atom stereocenters. The monoisotopic (exact) mass is 358 g/mol. The SMILES string of the molecule is CCc1ccccc1NC(=O)C(C)(C)C(=O)Nc1ccc(Cl)cc1C. The first-order valence-corrected chi connectivity index (χ1v) is 8.60. The zero-order valence-corrected chi connectivity index (χ0v) is 15.7. The van der Waals surface area contributed by atoms with Gasteiger partial charge in [0.25, 0.3) is 0 Å². The summed E-state index contributed by atoms with van der Waals surface area (Å²) >= 11 is 5.94. The molecule has 4 nitrogen and oxygen atoms in total. The number of benzene rings is 2. The van der Waals surface area contributed by atoms with Crippen LogP contribution in [0.25, 0.3) is 0 Å². The molecule has 0 radical (unpaired) electrons. The number of anilines is 2. The van der Waals surface area contributed by atoms with Gasteiger partial charge in [0.2, 0.25) is 11.8 Å². The molecule has 0 aromatic heterocycles. The molecule has 2 rings (SSSR count). The summed E-state index contributed by atoms with van der Waals surface area (Å²) < 4.78 is 0. The molecule has 0 spiro atoms. The summed E-state index contributed by atoms with van der Waals surface area (Å²) in [5.41, 5.74) is 2.02.